The number of rotatable bonds is 1. The van der Waals surface area contributed by atoms with Gasteiger partial charge in [0.15, 0.2) is 5.65 Å². The molecule has 0 unspecified atom stereocenters. The summed E-state index contributed by atoms with van der Waals surface area (Å²) in [7, 11) is 0. The molecule has 0 atom stereocenters. The highest BCUT2D eigenvalue weighted by Crippen LogP contribution is 2.17. The van der Waals surface area contributed by atoms with E-state index >= 15 is 0 Å². The third-order valence-corrected chi connectivity index (χ3v) is 3.76. The summed E-state index contributed by atoms with van der Waals surface area (Å²) in [4.78, 5) is 4.31. The maximum Gasteiger partial charge on any atom is 0.154 e. The molecule has 0 amide bonds. The predicted octanol–water partition coefficient (Wildman–Crippen LogP) is 3.52. The summed E-state index contributed by atoms with van der Waals surface area (Å²) in [5.41, 5.74) is 9.49. The number of hydrogen-bond acceptors (Lipinski definition) is 3. The fraction of sp³-hybridized carbons (Fsp3) is 0. The summed E-state index contributed by atoms with van der Waals surface area (Å²) in [6.07, 6.45) is 1.66. The van der Waals surface area contributed by atoms with Crippen molar-refractivity contribution in [1.29, 1.82) is 0 Å². The standard InChI is InChI=1S/C20H13FN4/c21-17-9-7-14(12-18(17)22)6-8-16-13-23-20-11-10-19(24-25(16)20)15-4-2-1-3-5-15/h1-5,7,9-13H,22H2. The Morgan fingerprint density at radius 3 is 2.60 bits per heavy atom. The van der Waals surface area contributed by atoms with Crippen LogP contribution in [0.3, 0.4) is 0 Å². The zero-order valence-corrected chi connectivity index (χ0v) is 13.1. The topological polar surface area (TPSA) is 56.2 Å². The second kappa shape index (κ2) is 6.10. The molecule has 0 saturated heterocycles. The number of benzene rings is 2. The largest absolute Gasteiger partial charge is 0.396 e. The van der Waals surface area contributed by atoms with Crippen LogP contribution >= 0.6 is 0 Å². The van der Waals surface area contributed by atoms with Crippen molar-refractivity contribution in [2.24, 2.45) is 0 Å². The number of anilines is 1. The average Bonchev–Trinajstić information content (AvgIpc) is 3.06. The van der Waals surface area contributed by atoms with Crippen molar-refractivity contribution in [2.75, 3.05) is 5.73 Å². The lowest BCUT2D eigenvalue weighted by Gasteiger charge is -2.01. The molecule has 0 bridgehead atoms. The highest BCUT2D eigenvalue weighted by Gasteiger charge is 2.05. The molecule has 0 aliphatic carbocycles. The molecule has 4 aromatic rings. The van der Waals surface area contributed by atoms with Crippen LogP contribution in [0.1, 0.15) is 11.3 Å². The third kappa shape index (κ3) is 2.93. The molecule has 5 heteroatoms. The van der Waals surface area contributed by atoms with E-state index in [1.807, 2.05) is 42.5 Å². The Balaban J connectivity index is 1.76. The molecule has 2 N–H and O–H groups in total. The SMILES string of the molecule is Nc1cc(C#Cc2cnc3ccc(-c4ccccc4)nn23)ccc1F. The Morgan fingerprint density at radius 1 is 0.960 bits per heavy atom. The van der Waals surface area contributed by atoms with Crippen LogP contribution in [0.5, 0.6) is 0 Å². The van der Waals surface area contributed by atoms with Gasteiger partial charge in [-0.2, -0.15) is 5.10 Å². The second-order valence-electron chi connectivity index (χ2n) is 5.48. The van der Waals surface area contributed by atoms with E-state index in [9.17, 15) is 4.39 Å². The van der Waals surface area contributed by atoms with E-state index < -0.39 is 5.82 Å². The second-order valence-corrected chi connectivity index (χ2v) is 5.48. The summed E-state index contributed by atoms with van der Waals surface area (Å²) in [6.45, 7) is 0. The lowest BCUT2D eigenvalue weighted by Crippen LogP contribution is -1.97. The fourth-order valence-electron chi connectivity index (χ4n) is 2.48. The van der Waals surface area contributed by atoms with Gasteiger partial charge in [0.05, 0.1) is 17.6 Å². The minimum absolute atomic E-state index is 0.0782. The maximum atomic E-state index is 13.2. The van der Waals surface area contributed by atoms with E-state index in [1.165, 1.54) is 12.1 Å². The minimum Gasteiger partial charge on any atom is -0.396 e. The average molecular weight is 328 g/mol. The van der Waals surface area contributed by atoms with Crippen molar-refractivity contribution in [3.05, 3.63) is 83.9 Å². The first-order valence-corrected chi connectivity index (χ1v) is 7.68. The Bertz CT molecular complexity index is 1120. The number of imidazole rings is 1. The van der Waals surface area contributed by atoms with Crippen molar-refractivity contribution in [3.8, 4) is 23.1 Å². The van der Waals surface area contributed by atoms with Gasteiger partial charge in [-0.1, -0.05) is 36.3 Å². The Labute approximate surface area is 143 Å². The van der Waals surface area contributed by atoms with E-state index in [1.54, 1.807) is 16.8 Å². The van der Waals surface area contributed by atoms with Crippen molar-refractivity contribution >= 4 is 11.3 Å². The van der Waals surface area contributed by atoms with E-state index in [0.717, 1.165) is 11.3 Å². The molecule has 0 fully saturated rings. The number of nitrogen functional groups attached to an aromatic ring is 1. The molecular weight excluding hydrogens is 315 g/mol. The number of nitrogens with zero attached hydrogens (tertiary/aromatic N) is 3. The van der Waals surface area contributed by atoms with E-state index in [0.29, 0.717) is 16.9 Å². The number of halogens is 1. The van der Waals surface area contributed by atoms with Gasteiger partial charge in [0, 0.05) is 11.1 Å². The fourth-order valence-corrected chi connectivity index (χ4v) is 2.48. The molecule has 25 heavy (non-hydrogen) atoms. The van der Waals surface area contributed by atoms with Gasteiger partial charge in [0.25, 0.3) is 0 Å². The summed E-state index contributed by atoms with van der Waals surface area (Å²) in [5.74, 6) is 5.54. The molecule has 2 heterocycles. The summed E-state index contributed by atoms with van der Waals surface area (Å²) >= 11 is 0. The van der Waals surface area contributed by atoms with E-state index in [-0.39, 0.29) is 5.69 Å². The van der Waals surface area contributed by atoms with Crippen molar-refractivity contribution in [3.63, 3.8) is 0 Å². The summed E-state index contributed by atoms with van der Waals surface area (Å²) < 4.78 is 14.9. The predicted molar refractivity (Wildman–Crippen MR) is 95.2 cm³/mol. The highest BCUT2D eigenvalue weighted by atomic mass is 19.1. The van der Waals surface area contributed by atoms with Crippen LogP contribution in [0.15, 0.2) is 66.9 Å². The third-order valence-electron chi connectivity index (χ3n) is 3.76. The van der Waals surface area contributed by atoms with Gasteiger partial charge in [-0.3, -0.25) is 0 Å². The highest BCUT2D eigenvalue weighted by molar-refractivity contribution is 5.60. The number of hydrogen-bond donors (Lipinski definition) is 1. The van der Waals surface area contributed by atoms with Crippen LogP contribution < -0.4 is 5.73 Å². The molecular formula is C20H13FN4. The van der Waals surface area contributed by atoms with Gasteiger partial charge in [-0.15, -0.1) is 0 Å². The zero-order chi connectivity index (χ0) is 17.2. The molecule has 0 spiro atoms. The number of aromatic nitrogens is 3. The van der Waals surface area contributed by atoms with Crippen LogP contribution in [0.25, 0.3) is 16.9 Å². The molecule has 4 nitrogen and oxygen atoms in total. The van der Waals surface area contributed by atoms with Crippen LogP contribution in [0.2, 0.25) is 0 Å². The Hall–Kier alpha value is -3.65. The van der Waals surface area contributed by atoms with Crippen molar-refractivity contribution < 1.29 is 4.39 Å². The lowest BCUT2D eigenvalue weighted by atomic mass is 10.1. The maximum absolute atomic E-state index is 13.2. The van der Waals surface area contributed by atoms with Crippen molar-refractivity contribution in [2.45, 2.75) is 0 Å². The molecule has 0 aliphatic heterocycles. The lowest BCUT2D eigenvalue weighted by molar-refractivity contribution is 0.632. The van der Waals surface area contributed by atoms with Gasteiger partial charge < -0.3 is 5.73 Å². The van der Waals surface area contributed by atoms with Crippen LogP contribution in [0.4, 0.5) is 10.1 Å². The molecule has 2 aromatic heterocycles. The van der Waals surface area contributed by atoms with Crippen LogP contribution in [-0.4, -0.2) is 14.6 Å². The van der Waals surface area contributed by atoms with Gasteiger partial charge in [-0.05, 0) is 36.3 Å². The first-order valence-electron chi connectivity index (χ1n) is 7.68. The van der Waals surface area contributed by atoms with Crippen molar-refractivity contribution in [1.82, 2.24) is 14.6 Å². The van der Waals surface area contributed by atoms with Crippen LogP contribution in [0, 0.1) is 17.7 Å². The van der Waals surface area contributed by atoms with Gasteiger partial charge in [0.2, 0.25) is 0 Å². The summed E-state index contributed by atoms with van der Waals surface area (Å²) in [6, 6.07) is 18.1. The minimum atomic E-state index is -0.450. The van der Waals surface area contributed by atoms with E-state index in [2.05, 4.69) is 21.9 Å². The van der Waals surface area contributed by atoms with Gasteiger partial charge in [-0.25, -0.2) is 13.9 Å². The molecule has 0 aliphatic rings. The first kappa shape index (κ1) is 14.9. The monoisotopic (exact) mass is 328 g/mol. The number of fused-ring (bicyclic) bond motifs is 1. The summed E-state index contributed by atoms with van der Waals surface area (Å²) in [5, 5.41) is 4.62. The Morgan fingerprint density at radius 2 is 1.80 bits per heavy atom. The van der Waals surface area contributed by atoms with Crippen LogP contribution in [-0.2, 0) is 0 Å². The number of nitrogens with two attached hydrogens (primary N) is 1. The smallest absolute Gasteiger partial charge is 0.154 e. The molecule has 2 aromatic carbocycles. The zero-order valence-electron chi connectivity index (χ0n) is 13.1. The Kier molecular flexibility index (Phi) is 3.64. The van der Waals surface area contributed by atoms with E-state index in [4.69, 9.17) is 5.73 Å². The molecule has 4 rings (SSSR count). The quantitative estimate of drug-likeness (QED) is 0.430. The molecule has 0 saturated carbocycles. The van der Waals surface area contributed by atoms with Gasteiger partial charge >= 0.3 is 0 Å². The normalized spacial score (nSPS) is 10.4. The van der Waals surface area contributed by atoms with Gasteiger partial charge in [0.1, 0.15) is 11.5 Å². The molecule has 120 valence electrons. The molecule has 0 radical (unpaired) electrons. The first-order chi connectivity index (χ1) is 12.2.